The van der Waals surface area contributed by atoms with Crippen LogP contribution >= 0.6 is 22.6 Å². The lowest BCUT2D eigenvalue weighted by Gasteiger charge is -2.16. The molecule has 88 valence electrons. The average Bonchev–Trinajstić information content (AvgIpc) is 2.33. The fourth-order valence-corrected chi connectivity index (χ4v) is 2.19. The number of halogens is 2. The second-order valence-corrected chi connectivity index (χ2v) is 5.06. The van der Waals surface area contributed by atoms with E-state index in [9.17, 15) is 4.39 Å². The van der Waals surface area contributed by atoms with Crippen LogP contribution in [0.15, 0.2) is 48.5 Å². The Balaban J connectivity index is 2.14. The maximum atomic E-state index is 12.8. The van der Waals surface area contributed by atoms with E-state index in [1.165, 1.54) is 15.7 Å². The summed E-state index contributed by atoms with van der Waals surface area (Å²) in [6, 6.07) is 14.9. The number of benzene rings is 2. The summed E-state index contributed by atoms with van der Waals surface area (Å²) in [4.78, 5) is 0. The summed E-state index contributed by atoms with van der Waals surface area (Å²) < 4.78 is 14.0. The molecule has 0 heterocycles. The van der Waals surface area contributed by atoms with Crippen molar-refractivity contribution in [1.29, 1.82) is 0 Å². The van der Waals surface area contributed by atoms with Gasteiger partial charge in [-0.1, -0.05) is 24.3 Å². The first-order valence-corrected chi connectivity index (χ1v) is 6.51. The van der Waals surface area contributed by atoms with E-state index >= 15 is 0 Å². The zero-order chi connectivity index (χ0) is 12.3. The summed E-state index contributed by atoms with van der Waals surface area (Å²) in [6.45, 7) is 2.07. The minimum atomic E-state index is -0.199. The molecule has 2 aromatic carbocycles. The van der Waals surface area contributed by atoms with Crippen LogP contribution in [0.1, 0.15) is 18.5 Å². The van der Waals surface area contributed by atoms with Crippen molar-refractivity contribution in [2.24, 2.45) is 0 Å². The predicted molar refractivity (Wildman–Crippen MR) is 77.6 cm³/mol. The standard InChI is InChI=1S/C14H13FIN/c1-10(11-6-8-12(15)9-7-11)17-14-5-3-2-4-13(14)16/h2-10,17H,1H3. The third kappa shape index (κ3) is 3.19. The zero-order valence-electron chi connectivity index (χ0n) is 9.45. The van der Waals surface area contributed by atoms with Gasteiger partial charge in [0.25, 0.3) is 0 Å². The third-order valence-corrected chi connectivity index (χ3v) is 3.56. The predicted octanol–water partition coefficient (Wildman–Crippen LogP) is 4.60. The molecular weight excluding hydrogens is 328 g/mol. The molecule has 1 unspecified atom stereocenters. The minimum absolute atomic E-state index is 0.159. The minimum Gasteiger partial charge on any atom is -0.378 e. The summed E-state index contributed by atoms with van der Waals surface area (Å²) in [7, 11) is 0. The molecule has 0 aliphatic heterocycles. The van der Waals surface area contributed by atoms with Gasteiger partial charge in [0.1, 0.15) is 5.82 Å². The van der Waals surface area contributed by atoms with Crippen molar-refractivity contribution in [2.75, 3.05) is 5.32 Å². The first-order chi connectivity index (χ1) is 8.16. The SMILES string of the molecule is CC(Nc1ccccc1I)c1ccc(F)cc1. The molecule has 17 heavy (non-hydrogen) atoms. The Morgan fingerprint density at radius 2 is 1.71 bits per heavy atom. The molecule has 0 bridgehead atoms. The third-order valence-electron chi connectivity index (χ3n) is 2.62. The van der Waals surface area contributed by atoms with E-state index in [-0.39, 0.29) is 11.9 Å². The second-order valence-electron chi connectivity index (χ2n) is 3.90. The Kier molecular flexibility index (Phi) is 3.99. The van der Waals surface area contributed by atoms with Gasteiger partial charge >= 0.3 is 0 Å². The molecule has 0 saturated heterocycles. The highest BCUT2D eigenvalue weighted by molar-refractivity contribution is 14.1. The zero-order valence-corrected chi connectivity index (χ0v) is 11.6. The van der Waals surface area contributed by atoms with Gasteiger partial charge in [-0.25, -0.2) is 4.39 Å². The van der Waals surface area contributed by atoms with E-state index in [1.807, 2.05) is 30.3 Å². The van der Waals surface area contributed by atoms with Gasteiger partial charge in [-0.3, -0.25) is 0 Å². The normalized spacial score (nSPS) is 12.2. The smallest absolute Gasteiger partial charge is 0.123 e. The Hall–Kier alpha value is -1.10. The van der Waals surface area contributed by atoms with E-state index in [1.54, 1.807) is 0 Å². The molecule has 0 amide bonds. The molecule has 0 fully saturated rings. The van der Waals surface area contributed by atoms with E-state index in [0.717, 1.165) is 11.3 Å². The lowest BCUT2D eigenvalue weighted by atomic mass is 10.1. The van der Waals surface area contributed by atoms with Crippen molar-refractivity contribution in [1.82, 2.24) is 0 Å². The number of anilines is 1. The molecule has 2 rings (SSSR count). The van der Waals surface area contributed by atoms with Gasteiger partial charge in [0.05, 0.1) is 0 Å². The fraction of sp³-hybridized carbons (Fsp3) is 0.143. The van der Waals surface area contributed by atoms with Crippen LogP contribution in [-0.2, 0) is 0 Å². The highest BCUT2D eigenvalue weighted by atomic mass is 127. The molecule has 1 atom stereocenters. The topological polar surface area (TPSA) is 12.0 Å². The average molecular weight is 341 g/mol. The summed E-state index contributed by atoms with van der Waals surface area (Å²) in [5.41, 5.74) is 2.18. The summed E-state index contributed by atoms with van der Waals surface area (Å²) in [6.07, 6.45) is 0. The largest absolute Gasteiger partial charge is 0.378 e. The van der Waals surface area contributed by atoms with Gasteiger partial charge < -0.3 is 5.32 Å². The summed E-state index contributed by atoms with van der Waals surface area (Å²) in [5.74, 6) is -0.199. The molecule has 0 spiro atoms. The number of rotatable bonds is 3. The monoisotopic (exact) mass is 341 g/mol. The van der Waals surface area contributed by atoms with Gasteiger partial charge in [0, 0.05) is 15.3 Å². The van der Waals surface area contributed by atoms with Crippen LogP contribution in [0.25, 0.3) is 0 Å². The van der Waals surface area contributed by atoms with Crippen molar-refractivity contribution < 1.29 is 4.39 Å². The first kappa shape index (κ1) is 12.4. The second kappa shape index (κ2) is 5.49. The van der Waals surface area contributed by atoms with Crippen molar-refractivity contribution in [3.63, 3.8) is 0 Å². The molecule has 2 aromatic rings. The van der Waals surface area contributed by atoms with Crippen LogP contribution in [0, 0.1) is 9.39 Å². The number of para-hydroxylation sites is 1. The molecule has 0 saturated carbocycles. The molecule has 0 aromatic heterocycles. The number of nitrogens with one attached hydrogen (secondary N) is 1. The van der Waals surface area contributed by atoms with Crippen molar-refractivity contribution >= 4 is 28.3 Å². The fourth-order valence-electron chi connectivity index (χ4n) is 1.65. The van der Waals surface area contributed by atoms with Crippen LogP contribution in [0.4, 0.5) is 10.1 Å². The van der Waals surface area contributed by atoms with E-state index in [0.29, 0.717) is 0 Å². The van der Waals surface area contributed by atoms with Crippen LogP contribution in [0.5, 0.6) is 0 Å². The van der Waals surface area contributed by atoms with Gasteiger partial charge in [-0.05, 0) is 59.3 Å². The molecule has 3 heteroatoms. The summed E-state index contributed by atoms with van der Waals surface area (Å²) in [5, 5.41) is 3.42. The van der Waals surface area contributed by atoms with Crippen LogP contribution in [0.2, 0.25) is 0 Å². The van der Waals surface area contributed by atoms with Crippen LogP contribution < -0.4 is 5.32 Å². The van der Waals surface area contributed by atoms with E-state index in [4.69, 9.17) is 0 Å². The number of hydrogen-bond acceptors (Lipinski definition) is 1. The molecule has 0 aliphatic carbocycles. The maximum absolute atomic E-state index is 12.8. The van der Waals surface area contributed by atoms with Gasteiger partial charge in [-0.2, -0.15) is 0 Å². The number of hydrogen-bond donors (Lipinski definition) is 1. The molecule has 0 aliphatic rings. The Bertz CT molecular complexity index is 496. The van der Waals surface area contributed by atoms with Crippen molar-refractivity contribution in [3.8, 4) is 0 Å². The molecule has 1 N–H and O–H groups in total. The Labute approximate surface area is 114 Å². The van der Waals surface area contributed by atoms with Gasteiger partial charge in [0.15, 0.2) is 0 Å². The van der Waals surface area contributed by atoms with Crippen molar-refractivity contribution in [2.45, 2.75) is 13.0 Å². The van der Waals surface area contributed by atoms with Crippen LogP contribution in [0.3, 0.4) is 0 Å². The highest BCUT2D eigenvalue weighted by Gasteiger charge is 2.06. The molecule has 1 nitrogen and oxygen atoms in total. The van der Waals surface area contributed by atoms with E-state index < -0.39 is 0 Å². The lowest BCUT2D eigenvalue weighted by molar-refractivity contribution is 0.626. The van der Waals surface area contributed by atoms with Crippen LogP contribution in [-0.4, -0.2) is 0 Å². The van der Waals surface area contributed by atoms with E-state index in [2.05, 4.69) is 40.9 Å². The first-order valence-electron chi connectivity index (χ1n) is 5.43. The van der Waals surface area contributed by atoms with Gasteiger partial charge in [-0.15, -0.1) is 0 Å². The van der Waals surface area contributed by atoms with Gasteiger partial charge in [0.2, 0.25) is 0 Å². The lowest BCUT2D eigenvalue weighted by Crippen LogP contribution is -2.07. The highest BCUT2D eigenvalue weighted by Crippen LogP contribution is 2.23. The Morgan fingerprint density at radius 1 is 1.06 bits per heavy atom. The van der Waals surface area contributed by atoms with Crippen molar-refractivity contribution in [3.05, 3.63) is 63.5 Å². The molecular formula is C14H13FIN. The quantitative estimate of drug-likeness (QED) is 0.805. The maximum Gasteiger partial charge on any atom is 0.123 e. The molecule has 0 radical (unpaired) electrons. The Morgan fingerprint density at radius 3 is 2.35 bits per heavy atom. The summed E-state index contributed by atoms with van der Waals surface area (Å²) >= 11 is 2.30.